The molecule has 1 fully saturated rings. The van der Waals surface area contributed by atoms with Gasteiger partial charge in [0.25, 0.3) is 5.91 Å². The third-order valence-electron chi connectivity index (χ3n) is 3.98. The summed E-state index contributed by atoms with van der Waals surface area (Å²) in [7, 11) is -3.73. The van der Waals surface area contributed by atoms with Gasteiger partial charge >= 0.3 is 0 Å². The first-order chi connectivity index (χ1) is 12.8. The van der Waals surface area contributed by atoms with Crippen molar-refractivity contribution >= 4 is 50.3 Å². The SMILES string of the molecule is CCCCN1C(=O)C(=Cc2ccc(-c3ccc(S(N)(=O)=O)cc3)o2)SC1=S. The van der Waals surface area contributed by atoms with Gasteiger partial charge in [-0.1, -0.05) is 37.3 Å². The van der Waals surface area contributed by atoms with Crippen molar-refractivity contribution in [1.29, 1.82) is 0 Å². The van der Waals surface area contributed by atoms with Gasteiger partial charge in [-0.05, 0) is 42.8 Å². The maximum atomic E-state index is 12.5. The van der Waals surface area contributed by atoms with Crippen molar-refractivity contribution in [3.8, 4) is 11.3 Å². The standard InChI is InChI=1S/C18H18N2O4S3/c1-2-3-10-20-17(21)16(26-18(20)25)11-13-6-9-15(24-13)12-4-7-14(8-5-12)27(19,22)23/h4-9,11H,2-3,10H2,1H3,(H2,19,22,23). The normalized spacial score (nSPS) is 16.5. The predicted octanol–water partition coefficient (Wildman–Crippen LogP) is 3.60. The van der Waals surface area contributed by atoms with Gasteiger partial charge in [0.1, 0.15) is 15.8 Å². The topological polar surface area (TPSA) is 93.6 Å². The molecular formula is C18H18N2O4S3. The number of thioether (sulfide) groups is 1. The Morgan fingerprint density at radius 3 is 2.56 bits per heavy atom. The second kappa shape index (κ2) is 7.97. The second-order valence-corrected chi connectivity index (χ2v) is 9.20. The molecule has 9 heteroatoms. The van der Waals surface area contributed by atoms with E-state index in [1.807, 2.05) is 0 Å². The van der Waals surface area contributed by atoms with Gasteiger partial charge in [-0.15, -0.1) is 0 Å². The largest absolute Gasteiger partial charge is 0.457 e. The van der Waals surface area contributed by atoms with Crippen LogP contribution in [0.25, 0.3) is 17.4 Å². The molecule has 0 aliphatic carbocycles. The number of hydrogen-bond donors (Lipinski definition) is 1. The van der Waals surface area contributed by atoms with E-state index in [-0.39, 0.29) is 10.8 Å². The molecule has 6 nitrogen and oxygen atoms in total. The molecule has 0 atom stereocenters. The van der Waals surface area contributed by atoms with E-state index in [0.29, 0.717) is 32.9 Å². The summed E-state index contributed by atoms with van der Waals surface area (Å²) < 4.78 is 29.0. The van der Waals surface area contributed by atoms with Crippen LogP contribution in [0.5, 0.6) is 0 Å². The van der Waals surface area contributed by atoms with E-state index in [1.165, 1.54) is 23.9 Å². The number of carbonyl (C=O) groups excluding carboxylic acids is 1. The number of benzene rings is 1. The quantitative estimate of drug-likeness (QED) is 0.565. The van der Waals surface area contributed by atoms with Gasteiger partial charge in [-0.2, -0.15) is 0 Å². The lowest BCUT2D eigenvalue weighted by atomic mass is 10.2. The maximum absolute atomic E-state index is 12.5. The van der Waals surface area contributed by atoms with Crippen LogP contribution in [0, 0.1) is 0 Å². The highest BCUT2D eigenvalue weighted by atomic mass is 32.2. The fourth-order valence-corrected chi connectivity index (χ4v) is 4.34. The van der Waals surface area contributed by atoms with Gasteiger partial charge in [-0.25, -0.2) is 13.6 Å². The number of thiocarbonyl (C=S) groups is 1. The zero-order valence-electron chi connectivity index (χ0n) is 14.5. The van der Waals surface area contributed by atoms with E-state index in [1.54, 1.807) is 35.2 Å². The van der Waals surface area contributed by atoms with Crippen molar-refractivity contribution in [3.63, 3.8) is 0 Å². The Kier molecular flexibility index (Phi) is 5.85. The Labute approximate surface area is 167 Å². The van der Waals surface area contributed by atoms with Crippen LogP contribution in [0.4, 0.5) is 0 Å². The Morgan fingerprint density at radius 2 is 1.93 bits per heavy atom. The first-order valence-corrected chi connectivity index (χ1v) is 11.0. The van der Waals surface area contributed by atoms with Gasteiger partial charge < -0.3 is 4.42 Å². The summed E-state index contributed by atoms with van der Waals surface area (Å²) in [6.07, 6.45) is 3.56. The van der Waals surface area contributed by atoms with Crippen molar-refractivity contribution in [2.75, 3.05) is 6.54 Å². The molecule has 3 rings (SSSR count). The lowest BCUT2D eigenvalue weighted by Gasteiger charge is -2.12. The van der Waals surface area contributed by atoms with E-state index in [9.17, 15) is 13.2 Å². The summed E-state index contributed by atoms with van der Waals surface area (Å²) in [5.41, 5.74) is 0.706. The Bertz CT molecular complexity index is 1010. The lowest BCUT2D eigenvalue weighted by Crippen LogP contribution is -2.28. The third-order valence-corrected chi connectivity index (χ3v) is 6.28. The average molecular weight is 423 g/mol. The molecule has 0 spiro atoms. The third kappa shape index (κ3) is 4.49. The van der Waals surface area contributed by atoms with E-state index < -0.39 is 10.0 Å². The predicted molar refractivity (Wildman–Crippen MR) is 110 cm³/mol. The minimum atomic E-state index is -3.73. The van der Waals surface area contributed by atoms with Gasteiger partial charge in [0.2, 0.25) is 10.0 Å². The monoisotopic (exact) mass is 422 g/mol. The molecule has 27 heavy (non-hydrogen) atoms. The maximum Gasteiger partial charge on any atom is 0.266 e. The van der Waals surface area contributed by atoms with Crippen molar-refractivity contribution in [3.05, 3.63) is 47.1 Å². The molecule has 1 saturated heterocycles. The average Bonchev–Trinajstić information content (AvgIpc) is 3.18. The first-order valence-electron chi connectivity index (χ1n) is 8.28. The molecular weight excluding hydrogens is 404 g/mol. The number of amides is 1. The number of primary sulfonamides is 1. The Balaban J connectivity index is 1.79. The zero-order valence-corrected chi connectivity index (χ0v) is 17.0. The molecule has 1 aromatic heterocycles. The minimum Gasteiger partial charge on any atom is -0.457 e. The number of carbonyl (C=O) groups is 1. The van der Waals surface area contributed by atoms with Crippen LogP contribution in [0.1, 0.15) is 25.5 Å². The highest BCUT2D eigenvalue weighted by molar-refractivity contribution is 8.26. The summed E-state index contributed by atoms with van der Waals surface area (Å²) in [6.45, 7) is 2.69. The molecule has 1 amide bonds. The second-order valence-electron chi connectivity index (χ2n) is 5.96. The Hall–Kier alpha value is -1.94. The van der Waals surface area contributed by atoms with Crippen LogP contribution in [0.2, 0.25) is 0 Å². The Morgan fingerprint density at radius 1 is 1.22 bits per heavy atom. The molecule has 1 aromatic carbocycles. The molecule has 142 valence electrons. The summed E-state index contributed by atoms with van der Waals surface area (Å²) >= 11 is 6.55. The van der Waals surface area contributed by atoms with Crippen LogP contribution in [0.3, 0.4) is 0 Å². The number of nitrogens with two attached hydrogens (primary N) is 1. The number of furan rings is 1. The fraction of sp³-hybridized carbons (Fsp3) is 0.222. The van der Waals surface area contributed by atoms with Crippen molar-refractivity contribution in [2.45, 2.75) is 24.7 Å². The summed E-state index contributed by atoms with van der Waals surface area (Å²) in [5.74, 6) is 0.981. The van der Waals surface area contributed by atoms with Crippen LogP contribution in [0.15, 0.2) is 50.6 Å². The van der Waals surface area contributed by atoms with Gasteiger partial charge in [0, 0.05) is 18.2 Å². The van der Waals surface area contributed by atoms with Crippen LogP contribution >= 0.6 is 24.0 Å². The van der Waals surface area contributed by atoms with E-state index >= 15 is 0 Å². The van der Waals surface area contributed by atoms with Crippen LogP contribution in [-0.2, 0) is 14.8 Å². The van der Waals surface area contributed by atoms with Crippen LogP contribution < -0.4 is 5.14 Å². The molecule has 2 aromatic rings. The molecule has 0 bridgehead atoms. The molecule has 2 heterocycles. The molecule has 0 radical (unpaired) electrons. The minimum absolute atomic E-state index is 0.0359. The first kappa shape index (κ1) is 19.8. The molecule has 0 unspecified atom stereocenters. The number of rotatable bonds is 6. The summed E-state index contributed by atoms with van der Waals surface area (Å²) in [6, 6.07) is 9.59. The number of unbranched alkanes of at least 4 members (excludes halogenated alkanes) is 1. The van der Waals surface area contributed by atoms with E-state index in [2.05, 4.69) is 6.92 Å². The highest BCUT2D eigenvalue weighted by Gasteiger charge is 2.31. The molecule has 0 saturated carbocycles. The van der Waals surface area contributed by atoms with Crippen LogP contribution in [-0.4, -0.2) is 30.1 Å². The van der Waals surface area contributed by atoms with Gasteiger partial charge in [0.15, 0.2) is 0 Å². The zero-order chi connectivity index (χ0) is 19.6. The van der Waals surface area contributed by atoms with Gasteiger partial charge in [0.05, 0.1) is 9.80 Å². The summed E-state index contributed by atoms with van der Waals surface area (Å²) in [4.78, 5) is 14.7. The lowest BCUT2D eigenvalue weighted by molar-refractivity contribution is -0.122. The number of sulfonamides is 1. The smallest absolute Gasteiger partial charge is 0.266 e. The molecule has 1 aliphatic rings. The number of nitrogens with zero attached hydrogens (tertiary/aromatic N) is 1. The highest BCUT2D eigenvalue weighted by Crippen LogP contribution is 2.33. The van der Waals surface area contributed by atoms with Crippen molar-refractivity contribution in [1.82, 2.24) is 4.90 Å². The molecule has 2 N–H and O–H groups in total. The number of hydrogen-bond acceptors (Lipinski definition) is 6. The van der Waals surface area contributed by atoms with Gasteiger partial charge in [-0.3, -0.25) is 9.69 Å². The van der Waals surface area contributed by atoms with Crippen molar-refractivity contribution in [2.24, 2.45) is 5.14 Å². The fourth-order valence-electron chi connectivity index (χ4n) is 2.53. The summed E-state index contributed by atoms with van der Waals surface area (Å²) in [5, 5.41) is 5.10. The molecule has 1 aliphatic heterocycles. The van der Waals surface area contributed by atoms with E-state index in [4.69, 9.17) is 21.8 Å². The van der Waals surface area contributed by atoms with Crippen molar-refractivity contribution < 1.29 is 17.6 Å². The van der Waals surface area contributed by atoms with E-state index in [0.717, 1.165) is 12.8 Å².